The van der Waals surface area contributed by atoms with Gasteiger partial charge in [-0.1, -0.05) is 6.42 Å². The van der Waals surface area contributed by atoms with Crippen LogP contribution in [0.5, 0.6) is 5.75 Å². The van der Waals surface area contributed by atoms with Crippen LogP contribution in [0.15, 0.2) is 11.4 Å². The number of carbonyl (C=O) groups is 2. The van der Waals surface area contributed by atoms with Crippen molar-refractivity contribution in [2.75, 3.05) is 7.11 Å². The zero-order valence-electron chi connectivity index (χ0n) is 10.1. The third-order valence-electron chi connectivity index (χ3n) is 3.25. The molecule has 6 heteroatoms. The highest BCUT2D eigenvalue weighted by Gasteiger charge is 2.33. The Labute approximate surface area is 109 Å². The third kappa shape index (κ3) is 2.48. The number of rotatable bonds is 4. The summed E-state index contributed by atoms with van der Waals surface area (Å²) in [6, 6.07) is 1.60. The zero-order valence-corrected chi connectivity index (χ0v) is 11.0. The van der Waals surface area contributed by atoms with E-state index in [1.54, 1.807) is 11.4 Å². The van der Waals surface area contributed by atoms with Crippen LogP contribution in [0.2, 0.25) is 0 Å². The van der Waals surface area contributed by atoms with Gasteiger partial charge in [-0.25, -0.2) is 0 Å². The maximum Gasteiger partial charge on any atom is 0.265 e. The minimum absolute atomic E-state index is 0.151. The fraction of sp³-hybridized carbons (Fsp3) is 0.500. The molecule has 98 valence electrons. The van der Waals surface area contributed by atoms with Gasteiger partial charge in [0.1, 0.15) is 10.6 Å². The Kier molecular flexibility index (Phi) is 3.86. The molecule has 18 heavy (non-hydrogen) atoms. The van der Waals surface area contributed by atoms with Crippen molar-refractivity contribution in [3.8, 4) is 5.75 Å². The third-order valence-corrected chi connectivity index (χ3v) is 4.15. The normalized spacial score (nSPS) is 22.7. The lowest BCUT2D eigenvalue weighted by molar-refractivity contribution is -0.122. The molecule has 0 aromatic carbocycles. The number of nitrogens with two attached hydrogens (primary N) is 1. The first kappa shape index (κ1) is 12.9. The smallest absolute Gasteiger partial charge is 0.265 e. The molecule has 1 fully saturated rings. The molecule has 1 aromatic heterocycles. The topological polar surface area (TPSA) is 81.4 Å². The molecular formula is C12H16N2O3S. The predicted octanol–water partition coefficient (Wildman–Crippen LogP) is 1.14. The van der Waals surface area contributed by atoms with Gasteiger partial charge in [-0.2, -0.15) is 0 Å². The highest BCUT2D eigenvalue weighted by Crippen LogP contribution is 2.28. The van der Waals surface area contributed by atoms with E-state index in [0.29, 0.717) is 10.6 Å². The second-order valence-electron chi connectivity index (χ2n) is 4.34. The summed E-state index contributed by atoms with van der Waals surface area (Å²) in [6.45, 7) is 0. The molecule has 5 nitrogen and oxygen atoms in total. The summed E-state index contributed by atoms with van der Waals surface area (Å²) in [4.78, 5) is 23.9. The van der Waals surface area contributed by atoms with Gasteiger partial charge in [0, 0.05) is 6.04 Å². The molecule has 0 bridgehead atoms. The molecule has 0 spiro atoms. The Hall–Kier alpha value is -1.56. The predicted molar refractivity (Wildman–Crippen MR) is 68.7 cm³/mol. The fourth-order valence-corrected chi connectivity index (χ4v) is 3.09. The molecule has 0 radical (unpaired) electrons. The van der Waals surface area contributed by atoms with Crippen LogP contribution in [-0.4, -0.2) is 25.0 Å². The van der Waals surface area contributed by atoms with E-state index in [2.05, 4.69) is 5.32 Å². The van der Waals surface area contributed by atoms with Crippen LogP contribution in [0.1, 0.15) is 28.9 Å². The molecule has 2 rings (SSSR count). The van der Waals surface area contributed by atoms with Crippen LogP contribution in [0.3, 0.4) is 0 Å². The van der Waals surface area contributed by atoms with Crippen molar-refractivity contribution < 1.29 is 14.3 Å². The molecule has 0 aliphatic heterocycles. The average molecular weight is 268 g/mol. The van der Waals surface area contributed by atoms with E-state index in [0.717, 1.165) is 19.3 Å². The molecule has 1 saturated carbocycles. The van der Waals surface area contributed by atoms with Crippen LogP contribution in [0, 0.1) is 5.92 Å². The molecule has 1 aromatic rings. The van der Waals surface area contributed by atoms with E-state index >= 15 is 0 Å². The minimum atomic E-state index is -0.337. The van der Waals surface area contributed by atoms with Crippen molar-refractivity contribution in [2.45, 2.75) is 25.3 Å². The maximum absolute atomic E-state index is 12.1. The Morgan fingerprint density at radius 1 is 1.50 bits per heavy atom. The molecule has 0 unspecified atom stereocenters. The number of nitrogens with one attached hydrogen (secondary N) is 1. The van der Waals surface area contributed by atoms with Crippen LogP contribution >= 0.6 is 11.3 Å². The molecule has 2 amide bonds. The summed E-state index contributed by atoms with van der Waals surface area (Å²) in [6.07, 6.45) is 2.47. The number of thiophene rings is 1. The molecule has 1 aliphatic carbocycles. The number of hydrogen-bond acceptors (Lipinski definition) is 4. The molecule has 1 aliphatic rings. The van der Waals surface area contributed by atoms with Crippen LogP contribution in [-0.2, 0) is 4.79 Å². The van der Waals surface area contributed by atoms with Crippen molar-refractivity contribution in [2.24, 2.45) is 11.7 Å². The van der Waals surface area contributed by atoms with Crippen LogP contribution in [0.4, 0.5) is 0 Å². The van der Waals surface area contributed by atoms with Crippen molar-refractivity contribution in [3.63, 3.8) is 0 Å². The largest absolute Gasteiger partial charge is 0.495 e. The summed E-state index contributed by atoms with van der Waals surface area (Å²) in [5.41, 5.74) is 5.33. The number of amides is 2. The van der Waals surface area contributed by atoms with E-state index in [4.69, 9.17) is 10.5 Å². The summed E-state index contributed by atoms with van der Waals surface area (Å²) in [5.74, 6) is -0.220. The first-order chi connectivity index (χ1) is 8.63. The zero-order chi connectivity index (χ0) is 13.1. The molecular weight excluding hydrogens is 252 g/mol. The van der Waals surface area contributed by atoms with Crippen molar-refractivity contribution in [3.05, 3.63) is 16.3 Å². The van der Waals surface area contributed by atoms with Gasteiger partial charge in [-0.3, -0.25) is 9.59 Å². The Morgan fingerprint density at radius 2 is 2.28 bits per heavy atom. The highest BCUT2D eigenvalue weighted by atomic mass is 32.1. The molecule has 3 N–H and O–H groups in total. The van der Waals surface area contributed by atoms with Gasteiger partial charge in [0.2, 0.25) is 5.91 Å². The van der Waals surface area contributed by atoms with Gasteiger partial charge in [0.15, 0.2) is 0 Å². The van der Waals surface area contributed by atoms with E-state index < -0.39 is 0 Å². The number of carbonyl (C=O) groups excluding carboxylic acids is 2. The standard InChI is InChI=1S/C12H16N2O3S/c1-17-9-5-6-18-10(9)12(16)14-8-4-2-3-7(8)11(13)15/h5-8H,2-4H2,1H3,(H2,13,15)(H,14,16)/t7-,8-/m0/s1. The maximum atomic E-state index is 12.1. The van der Waals surface area contributed by atoms with E-state index in [-0.39, 0.29) is 23.8 Å². The first-order valence-electron chi connectivity index (χ1n) is 5.85. The summed E-state index contributed by atoms with van der Waals surface area (Å²) >= 11 is 1.32. The van der Waals surface area contributed by atoms with Gasteiger partial charge >= 0.3 is 0 Å². The number of methoxy groups -OCH3 is 1. The Balaban J connectivity index is 2.05. The van der Waals surface area contributed by atoms with Gasteiger partial charge < -0.3 is 15.8 Å². The van der Waals surface area contributed by atoms with E-state index in [1.807, 2.05) is 0 Å². The van der Waals surface area contributed by atoms with Gasteiger partial charge in [0.25, 0.3) is 5.91 Å². The number of primary amides is 1. The van der Waals surface area contributed by atoms with E-state index in [9.17, 15) is 9.59 Å². The Bertz CT molecular complexity index is 458. The second kappa shape index (κ2) is 5.39. The monoisotopic (exact) mass is 268 g/mol. The quantitative estimate of drug-likeness (QED) is 0.859. The molecule has 2 atom stereocenters. The number of ether oxygens (including phenoxy) is 1. The van der Waals surface area contributed by atoms with Gasteiger partial charge in [0.05, 0.1) is 13.0 Å². The number of hydrogen-bond donors (Lipinski definition) is 2. The molecule has 1 heterocycles. The Morgan fingerprint density at radius 3 is 2.94 bits per heavy atom. The lowest BCUT2D eigenvalue weighted by Crippen LogP contribution is -2.42. The summed E-state index contributed by atoms with van der Waals surface area (Å²) < 4.78 is 5.10. The SMILES string of the molecule is COc1ccsc1C(=O)N[C@H]1CCC[C@@H]1C(N)=O. The van der Waals surface area contributed by atoms with Crippen molar-refractivity contribution in [1.82, 2.24) is 5.32 Å². The van der Waals surface area contributed by atoms with Crippen LogP contribution in [0.25, 0.3) is 0 Å². The lowest BCUT2D eigenvalue weighted by Gasteiger charge is -2.18. The molecule has 0 saturated heterocycles. The van der Waals surface area contributed by atoms with Crippen molar-refractivity contribution >= 4 is 23.2 Å². The second-order valence-corrected chi connectivity index (χ2v) is 5.25. The fourth-order valence-electron chi connectivity index (χ4n) is 2.33. The first-order valence-corrected chi connectivity index (χ1v) is 6.73. The van der Waals surface area contributed by atoms with Gasteiger partial charge in [-0.15, -0.1) is 11.3 Å². The average Bonchev–Trinajstić information content (AvgIpc) is 2.96. The van der Waals surface area contributed by atoms with Gasteiger partial charge in [-0.05, 0) is 24.3 Å². The van der Waals surface area contributed by atoms with E-state index in [1.165, 1.54) is 18.4 Å². The minimum Gasteiger partial charge on any atom is -0.495 e. The summed E-state index contributed by atoms with van der Waals surface area (Å²) in [7, 11) is 1.53. The summed E-state index contributed by atoms with van der Waals surface area (Å²) in [5, 5.41) is 4.68. The lowest BCUT2D eigenvalue weighted by atomic mass is 10.0. The van der Waals surface area contributed by atoms with Crippen molar-refractivity contribution in [1.29, 1.82) is 0 Å². The highest BCUT2D eigenvalue weighted by molar-refractivity contribution is 7.12. The van der Waals surface area contributed by atoms with Crippen LogP contribution < -0.4 is 15.8 Å².